The van der Waals surface area contributed by atoms with Crippen molar-refractivity contribution in [3.8, 4) is 5.69 Å². The van der Waals surface area contributed by atoms with E-state index >= 15 is 0 Å². The summed E-state index contributed by atoms with van der Waals surface area (Å²) in [4.78, 5) is 24.6. The second-order valence-corrected chi connectivity index (χ2v) is 9.68. The zero-order valence-corrected chi connectivity index (χ0v) is 21.1. The molecule has 1 aromatic heterocycles. The predicted octanol–water partition coefficient (Wildman–Crippen LogP) is 8.65. The number of benzene rings is 4. The summed E-state index contributed by atoms with van der Waals surface area (Å²) in [6.45, 7) is 0. The van der Waals surface area contributed by atoms with Crippen LogP contribution in [0.2, 0.25) is 0 Å². The zero-order valence-electron chi connectivity index (χ0n) is 21.1. The highest BCUT2D eigenvalue weighted by atomic mass is 19.4. The summed E-state index contributed by atoms with van der Waals surface area (Å²) < 4.78 is 81.8. The molecule has 0 bridgehead atoms. The molecule has 0 aliphatic carbocycles. The molecule has 5 aromatic rings. The van der Waals surface area contributed by atoms with Crippen molar-refractivity contribution in [1.29, 1.82) is 0 Å². The third-order valence-electron chi connectivity index (χ3n) is 6.97. The molecule has 0 saturated heterocycles. The highest BCUT2D eigenvalue weighted by molar-refractivity contribution is 6.09. The molecule has 1 heterocycles. The van der Waals surface area contributed by atoms with E-state index in [0.29, 0.717) is 17.7 Å². The average Bonchev–Trinajstić information content (AvgIpc) is 3.26. The molecule has 41 heavy (non-hydrogen) atoms. The van der Waals surface area contributed by atoms with E-state index in [0.717, 1.165) is 27.5 Å². The number of aromatic nitrogens is 1. The summed E-state index contributed by atoms with van der Waals surface area (Å²) >= 11 is 0. The number of hydrogen-bond acceptors (Lipinski definition) is 2. The number of Topliss-reactive ketones (excluding diaryl/α,β-unsaturated/α-hetero) is 1. The fourth-order valence-electron chi connectivity index (χ4n) is 5.07. The van der Waals surface area contributed by atoms with Crippen LogP contribution >= 0.6 is 0 Å². The standard InChI is InChI=1S/C31H21F6NO3/c32-30(33,34)21-13-20(14-22(17-21)31(35,36)37)28(39)15-19(16-29(40)41)18-9-11-23(12-10-18)38-26-7-3-1-5-24(26)25-6-2-4-8-27(25)38/h1-14,17,19H,15-16H2,(H,40,41). The molecule has 210 valence electrons. The minimum Gasteiger partial charge on any atom is -0.481 e. The van der Waals surface area contributed by atoms with Crippen LogP contribution in [0.1, 0.15) is 45.8 Å². The molecule has 5 rings (SSSR count). The summed E-state index contributed by atoms with van der Waals surface area (Å²) in [5.41, 5.74) is -0.980. The summed E-state index contributed by atoms with van der Waals surface area (Å²) in [5, 5.41) is 11.5. The molecule has 10 heteroatoms. The lowest BCUT2D eigenvalue weighted by Gasteiger charge is -2.18. The van der Waals surface area contributed by atoms with Gasteiger partial charge in [-0.1, -0.05) is 48.5 Å². The van der Waals surface area contributed by atoms with Crippen molar-refractivity contribution in [2.24, 2.45) is 0 Å². The van der Waals surface area contributed by atoms with Gasteiger partial charge in [0.05, 0.1) is 28.6 Å². The monoisotopic (exact) mass is 569 g/mol. The molecule has 0 saturated carbocycles. The molecule has 0 aliphatic heterocycles. The Kier molecular flexibility index (Phi) is 7.10. The molecular formula is C31H21F6NO3. The van der Waals surface area contributed by atoms with E-state index in [1.165, 1.54) is 0 Å². The number of halogens is 6. The van der Waals surface area contributed by atoms with E-state index in [-0.39, 0.29) is 6.07 Å². The summed E-state index contributed by atoms with van der Waals surface area (Å²) in [6.07, 6.45) is -11.4. The van der Waals surface area contributed by atoms with E-state index in [2.05, 4.69) is 0 Å². The van der Waals surface area contributed by atoms with Crippen molar-refractivity contribution in [2.75, 3.05) is 0 Å². The Bertz CT molecular complexity index is 1680. The second-order valence-electron chi connectivity index (χ2n) is 9.68. The van der Waals surface area contributed by atoms with Crippen LogP contribution in [0.3, 0.4) is 0 Å². The maximum Gasteiger partial charge on any atom is 0.416 e. The van der Waals surface area contributed by atoms with Gasteiger partial charge in [-0.3, -0.25) is 9.59 Å². The fourth-order valence-corrected chi connectivity index (χ4v) is 5.07. The van der Waals surface area contributed by atoms with Crippen LogP contribution in [0, 0.1) is 0 Å². The van der Waals surface area contributed by atoms with Crippen LogP contribution in [-0.2, 0) is 17.1 Å². The van der Waals surface area contributed by atoms with Gasteiger partial charge in [-0.15, -0.1) is 0 Å². The zero-order chi connectivity index (χ0) is 29.5. The van der Waals surface area contributed by atoms with Crippen molar-refractivity contribution in [1.82, 2.24) is 4.57 Å². The number of fused-ring (bicyclic) bond motifs is 3. The number of alkyl halides is 6. The normalized spacial score (nSPS) is 13.0. The van der Waals surface area contributed by atoms with Crippen LogP contribution in [0.15, 0.2) is 91.0 Å². The van der Waals surface area contributed by atoms with Gasteiger partial charge in [-0.05, 0) is 48.0 Å². The molecule has 1 N–H and O–H groups in total. The largest absolute Gasteiger partial charge is 0.481 e. The maximum atomic E-state index is 13.3. The summed E-state index contributed by atoms with van der Waals surface area (Å²) in [6, 6.07) is 22.9. The molecule has 0 amide bonds. The number of carbonyl (C=O) groups excluding carboxylic acids is 1. The number of carboxylic acid groups (broad SMARTS) is 1. The smallest absolute Gasteiger partial charge is 0.416 e. The number of para-hydroxylation sites is 2. The lowest BCUT2D eigenvalue weighted by atomic mass is 9.88. The van der Waals surface area contributed by atoms with Gasteiger partial charge < -0.3 is 9.67 Å². The van der Waals surface area contributed by atoms with Gasteiger partial charge in [0, 0.05) is 34.4 Å². The third kappa shape index (κ3) is 5.68. The Morgan fingerprint density at radius 2 is 1.17 bits per heavy atom. The first-order valence-corrected chi connectivity index (χ1v) is 12.5. The Balaban J connectivity index is 1.50. The highest BCUT2D eigenvalue weighted by Gasteiger charge is 2.37. The lowest BCUT2D eigenvalue weighted by Crippen LogP contribution is -2.16. The van der Waals surface area contributed by atoms with Crippen molar-refractivity contribution in [2.45, 2.75) is 31.1 Å². The van der Waals surface area contributed by atoms with Crippen LogP contribution in [0.25, 0.3) is 27.5 Å². The average molecular weight is 570 g/mol. The second kappa shape index (κ2) is 10.4. The lowest BCUT2D eigenvalue weighted by molar-refractivity contribution is -0.143. The first-order valence-electron chi connectivity index (χ1n) is 12.5. The van der Waals surface area contributed by atoms with Crippen LogP contribution in [0.5, 0.6) is 0 Å². The first kappa shape index (κ1) is 27.9. The fraction of sp³-hybridized carbons (Fsp3) is 0.161. The van der Waals surface area contributed by atoms with Gasteiger partial charge >= 0.3 is 18.3 Å². The summed E-state index contributed by atoms with van der Waals surface area (Å²) in [5.74, 6) is -3.29. The van der Waals surface area contributed by atoms with E-state index in [9.17, 15) is 41.0 Å². The van der Waals surface area contributed by atoms with Crippen LogP contribution < -0.4 is 0 Å². The van der Waals surface area contributed by atoms with Gasteiger partial charge in [0.25, 0.3) is 0 Å². The summed E-state index contributed by atoms with van der Waals surface area (Å²) in [7, 11) is 0. The van der Waals surface area contributed by atoms with Gasteiger partial charge in [-0.25, -0.2) is 0 Å². The molecule has 4 nitrogen and oxygen atoms in total. The number of carbonyl (C=O) groups is 2. The third-order valence-corrected chi connectivity index (χ3v) is 6.97. The number of nitrogens with zero attached hydrogens (tertiary/aromatic N) is 1. The van der Waals surface area contributed by atoms with E-state index in [1.54, 1.807) is 24.3 Å². The molecule has 0 aliphatic rings. The molecule has 1 unspecified atom stereocenters. The minimum absolute atomic E-state index is 0.0567. The molecule has 1 atom stereocenters. The van der Waals surface area contributed by atoms with Crippen molar-refractivity contribution >= 4 is 33.6 Å². The van der Waals surface area contributed by atoms with Gasteiger partial charge in [0.15, 0.2) is 5.78 Å². The van der Waals surface area contributed by atoms with Crippen LogP contribution in [-0.4, -0.2) is 21.4 Å². The molecule has 4 aromatic carbocycles. The maximum absolute atomic E-state index is 13.3. The number of carboxylic acids is 1. The van der Waals surface area contributed by atoms with Crippen molar-refractivity contribution in [3.05, 3.63) is 113 Å². The number of ketones is 1. The topological polar surface area (TPSA) is 59.3 Å². The Morgan fingerprint density at radius 3 is 1.63 bits per heavy atom. The Labute approximate surface area is 229 Å². The van der Waals surface area contributed by atoms with Gasteiger partial charge in [0.2, 0.25) is 0 Å². The van der Waals surface area contributed by atoms with Crippen molar-refractivity contribution in [3.63, 3.8) is 0 Å². The number of aliphatic carboxylic acids is 1. The van der Waals surface area contributed by atoms with E-state index in [1.807, 2.05) is 53.1 Å². The highest BCUT2D eigenvalue weighted by Crippen LogP contribution is 2.38. The van der Waals surface area contributed by atoms with Gasteiger partial charge in [-0.2, -0.15) is 26.3 Å². The molecule has 0 spiro atoms. The first-order chi connectivity index (χ1) is 19.3. The van der Waals surface area contributed by atoms with E-state index < -0.39 is 59.6 Å². The van der Waals surface area contributed by atoms with E-state index in [4.69, 9.17) is 0 Å². The Morgan fingerprint density at radius 1 is 0.683 bits per heavy atom. The van der Waals surface area contributed by atoms with Crippen LogP contribution in [0.4, 0.5) is 26.3 Å². The predicted molar refractivity (Wildman–Crippen MR) is 141 cm³/mol. The molecule has 0 radical (unpaired) electrons. The van der Waals surface area contributed by atoms with Crippen molar-refractivity contribution < 1.29 is 41.0 Å². The Hall–Kier alpha value is -4.60. The van der Waals surface area contributed by atoms with Gasteiger partial charge in [0.1, 0.15) is 0 Å². The number of rotatable bonds is 7. The quantitative estimate of drug-likeness (QED) is 0.158. The number of hydrogen-bond donors (Lipinski definition) is 1. The SMILES string of the molecule is O=C(O)CC(CC(=O)c1cc(C(F)(F)F)cc(C(F)(F)F)c1)c1ccc(-n2c3ccccc3c3ccccc32)cc1. The molecule has 0 fully saturated rings. The minimum atomic E-state index is -5.11. The molecular weight excluding hydrogens is 548 g/mol.